The maximum absolute atomic E-state index is 13.5. The molecule has 0 N–H and O–H groups in total. The molecule has 108 valence electrons. The van der Waals surface area contributed by atoms with Crippen molar-refractivity contribution in [2.45, 2.75) is 19.8 Å². The van der Waals surface area contributed by atoms with Crippen LogP contribution in [0.5, 0.6) is 0 Å². The Kier molecular flexibility index (Phi) is 4.10. The summed E-state index contributed by atoms with van der Waals surface area (Å²) in [5, 5.41) is 1.71. The highest BCUT2D eigenvalue weighted by atomic mass is 31.2. The van der Waals surface area contributed by atoms with E-state index in [1.54, 1.807) is 0 Å². The maximum Gasteiger partial charge on any atom is 0.257 e. The van der Waals surface area contributed by atoms with Crippen LogP contribution in [0.3, 0.4) is 0 Å². The molecule has 3 rings (SSSR count). The van der Waals surface area contributed by atoms with Gasteiger partial charge in [-0.2, -0.15) is 0 Å². The van der Waals surface area contributed by atoms with E-state index < -0.39 is 7.37 Å². The van der Waals surface area contributed by atoms with Crippen molar-refractivity contribution in [1.82, 2.24) is 0 Å². The van der Waals surface area contributed by atoms with Crippen molar-refractivity contribution in [3.05, 3.63) is 71.0 Å². The normalized spacial score (nSPS) is 16.7. The van der Waals surface area contributed by atoms with Gasteiger partial charge in [-0.15, -0.1) is 0 Å². The van der Waals surface area contributed by atoms with Crippen LogP contribution in [0.1, 0.15) is 24.5 Å². The summed E-state index contributed by atoms with van der Waals surface area (Å²) in [4.78, 5) is 0. The van der Waals surface area contributed by atoms with Gasteiger partial charge in [0.25, 0.3) is 7.37 Å². The minimum atomic E-state index is -2.94. The molecule has 0 spiro atoms. The quantitative estimate of drug-likeness (QED) is 0.770. The predicted octanol–water partition coefficient (Wildman–Crippen LogP) is 4.61. The van der Waals surface area contributed by atoms with Gasteiger partial charge in [-0.05, 0) is 49.1 Å². The second-order valence-corrected chi connectivity index (χ2v) is 7.59. The number of fused-ring (bicyclic) bond motifs is 1. The highest BCUT2D eigenvalue weighted by molar-refractivity contribution is 7.71. The largest absolute Gasteiger partial charge is 0.323 e. The molecule has 0 radical (unpaired) electrons. The number of hydrogen-bond donors (Lipinski definition) is 0. The lowest BCUT2D eigenvalue weighted by molar-refractivity contribution is 0.344. The maximum atomic E-state index is 13.5. The Bertz CT molecular complexity index is 704. The summed E-state index contributed by atoms with van der Waals surface area (Å²) < 4.78 is 19.2. The molecule has 0 aromatic heterocycles. The molecule has 0 saturated carbocycles. The first-order valence-electron chi connectivity index (χ1n) is 7.33. The van der Waals surface area contributed by atoms with Gasteiger partial charge in [0.1, 0.15) is 0 Å². The zero-order valence-corrected chi connectivity index (χ0v) is 13.1. The monoisotopic (exact) mass is 298 g/mol. The van der Waals surface area contributed by atoms with Gasteiger partial charge < -0.3 is 4.52 Å². The highest BCUT2D eigenvalue weighted by Gasteiger charge is 2.31. The average Bonchev–Trinajstić information content (AvgIpc) is 2.55. The van der Waals surface area contributed by atoms with Gasteiger partial charge >= 0.3 is 0 Å². The van der Waals surface area contributed by atoms with E-state index >= 15 is 0 Å². The molecule has 0 fully saturated rings. The van der Waals surface area contributed by atoms with E-state index in [0.717, 1.165) is 29.0 Å². The number of allylic oxidation sites excluding steroid dienone is 1. The Hall–Kier alpha value is -1.63. The Labute approximate surface area is 125 Å². The van der Waals surface area contributed by atoms with Crippen molar-refractivity contribution in [3.63, 3.8) is 0 Å². The Morgan fingerprint density at radius 3 is 2.48 bits per heavy atom. The Morgan fingerprint density at radius 1 is 1.00 bits per heavy atom. The first kappa shape index (κ1) is 14.3. The standard InChI is InChI=1S/C18H19O2P/c1-2-20-21(19,17-10-4-3-5-11-17)18-13-12-15-8-6-7-9-16(15)14-18/h3-11,14H,2,12-13H2,1H3. The number of aryl methyl sites for hydroxylation is 1. The van der Waals surface area contributed by atoms with Crippen molar-refractivity contribution < 1.29 is 9.09 Å². The molecule has 3 heteroatoms. The molecule has 1 unspecified atom stereocenters. The molecule has 0 heterocycles. The van der Waals surface area contributed by atoms with Gasteiger partial charge in [-0.1, -0.05) is 42.5 Å². The molecule has 1 aliphatic carbocycles. The molecule has 21 heavy (non-hydrogen) atoms. The van der Waals surface area contributed by atoms with Gasteiger partial charge in [0, 0.05) is 10.6 Å². The lowest BCUT2D eigenvalue weighted by Crippen LogP contribution is -2.11. The SMILES string of the molecule is CCOP(=O)(C1=Cc2ccccc2CC1)c1ccccc1. The summed E-state index contributed by atoms with van der Waals surface area (Å²) in [6.45, 7) is 2.35. The molecule has 2 aromatic rings. The molecule has 0 amide bonds. The van der Waals surface area contributed by atoms with E-state index in [1.807, 2.05) is 43.3 Å². The summed E-state index contributed by atoms with van der Waals surface area (Å²) in [5.41, 5.74) is 2.48. The second-order valence-electron chi connectivity index (χ2n) is 5.14. The molecular weight excluding hydrogens is 279 g/mol. The van der Waals surface area contributed by atoms with E-state index in [1.165, 1.54) is 5.56 Å². The Balaban J connectivity index is 2.07. The van der Waals surface area contributed by atoms with Crippen LogP contribution >= 0.6 is 7.37 Å². The van der Waals surface area contributed by atoms with Gasteiger partial charge in [0.05, 0.1) is 6.61 Å². The molecular formula is C18H19O2P. The van der Waals surface area contributed by atoms with Gasteiger partial charge in [0.15, 0.2) is 0 Å². The van der Waals surface area contributed by atoms with Crippen LogP contribution in [0.15, 0.2) is 59.9 Å². The van der Waals surface area contributed by atoms with Crippen LogP contribution in [-0.2, 0) is 15.5 Å². The fraction of sp³-hybridized carbons (Fsp3) is 0.222. The van der Waals surface area contributed by atoms with Crippen LogP contribution < -0.4 is 5.30 Å². The molecule has 0 saturated heterocycles. The van der Waals surface area contributed by atoms with E-state index in [2.05, 4.69) is 24.3 Å². The first-order valence-corrected chi connectivity index (χ1v) is 8.96. The number of rotatable bonds is 4. The topological polar surface area (TPSA) is 26.3 Å². The molecule has 1 aliphatic rings. The summed E-state index contributed by atoms with van der Waals surface area (Å²) >= 11 is 0. The zero-order valence-electron chi connectivity index (χ0n) is 12.2. The first-order chi connectivity index (χ1) is 10.2. The third-order valence-electron chi connectivity index (χ3n) is 3.81. The Morgan fingerprint density at radius 2 is 1.71 bits per heavy atom. The molecule has 2 aromatic carbocycles. The highest BCUT2D eigenvalue weighted by Crippen LogP contribution is 2.57. The molecule has 1 atom stereocenters. The average molecular weight is 298 g/mol. The van der Waals surface area contributed by atoms with Crippen LogP contribution in [0.25, 0.3) is 6.08 Å². The minimum absolute atomic E-state index is 0.450. The van der Waals surface area contributed by atoms with Gasteiger partial charge in [-0.3, -0.25) is 4.57 Å². The van der Waals surface area contributed by atoms with Crippen LogP contribution in [-0.4, -0.2) is 6.61 Å². The van der Waals surface area contributed by atoms with E-state index in [9.17, 15) is 4.57 Å². The molecule has 0 aliphatic heterocycles. The lowest BCUT2D eigenvalue weighted by Gasteiger charge is -2.24. The van der Waals surface area contributed by atoms with Gasteiger partial charge in [0.2, 0.25) is 0 Å². The zero-order chi connectivity index (χ0) is 14.7. The van der Waals surface area contributed by atoms with Crippen molar-refractivity contribution in [3.8, 4) is 0 Å². The lowest BCUT2D eigenvalue weighted by atomic mass is 9.98. The van der Waals surface area contributed by atoms with Crippen LogP contribution in [0.2, 0.25) is 0 Å². The van der Waals surface area contributed by atoms with E-state index in [-0.39, 0.29) is 0 Å². The van der Waals surface area contributed by atoms with Crippen molar-refractivity contribution in [2.75, 3.05) is 6.61 Å². The predicted molar refractivity (Wildman–Crippen MR) is 88.0 cm³/mol. The molecule has 2 nitrogen and oxygen atoms in total. The van der Waals surface area contributed by atoms with Gasteiger partial charge in [-0.25, -0.2) is 0 Å². The smallest absolute Gasteiger partial charge is 0.257 e. The summed E-state index contributed by atoms with van der Waals surface area (Å²) in [6.07, 6.45) is 3.78. The molecule has 0 bridgehead atoms. The van der Waals surface area contributed by atoms with E-state index in [0.29, 0.717) is 6.61 Å². The summed E-state index contributed by atoms with van der Waals surface area (Å²) in [7, 11) is -2.94. The minimum Gasteiger partial charge on any atom is -0.323 e. The van der Waals surface area contributed by atoms with Crippen molar-refractivity contribution in [2.24, 2.45) is 0 Å². The van der Waals surface area contributed by atoms with Crippen molar-refractivity contribution in [1.29, 1.82) is 0 Å². The third kappa shape index (κ3) is 2.74. The number of benzene rings is 2. The second kappa shape index (κ2) is 6.01. The fourth-order valence-corrected chi connectivity index (χ4v) is 5.07. The number of hydrogen-bond acceptors (Lipinski definition) is 2. The summed E-state index contributed by atoms with van der Waals surface area (Å²) in [6, 6.07) is 17.9. The van der Waals surface area contributed by atoms with Crippen molar-refractivity contribution >= 4 is 18.7 Å². The third-order valence-corrected chi connectivity index (χ3v) is 6.52. The van der Waals surface area contributed by atoms with E-state index in [4.69, 9.17) is 4.52 Å². The van der Waals surface area contributed by atoms with Crippen LogP contribution in [0.4, 0.5) is 0 Å². The summed E-state index contributed by atoms with van der Waals surface area (Å²) in [5.74, 6) is 0. The van der Waals surface area contributed by atoms with Crippen LogP contribution in [0, 0.1) is 0 Å². The fourth-order valence-electron chi connectivity index (χ4n) is 2.78.